The lowest BCUT2D eigenvalue weighted by molar-refractivity contribution is -0.116. The van der Waals surface area contributed by atoms with Gasteiger partial charge in [-0.3, -0.25) is 14.4 Å². The number of nitrogens with one attached hydrogen (secondary N) is 1. The molecule has 2 heterocycles. The summed E-state index contributed by atoms with van der Waals surface area (Å²) in [6.45, 7) is 1.52. The molecular formula is C24H22BrFN4O3. The minimum atomic E-state index is -0.393. The zero-order chi connectivity index (χ0) is 23.4. The monoisotopic (exact) mass is 512 g/mol. The first-order chi connectivity index (χ1) is 15.9. The molecule has 0 saturated carbocycles. The minimum Gasteiger partial charge on any atom is -0.335 e. The number of halogens is 2. The van der Waals surface area contributed by atoms with E-state index < -0.39 is 5.82 Å². The SMILES string of the molecule is O=C(Cn1cccc1C(=O)N1CCN(C(=O)c2ccc(F)cc2)CC1)Nc1ccc(Br)cc1. The standard InChI is InChI=1S/C24H22BrFN4O3/c25-18-5-9-20(10-6-18)27-22(31)16-30-11-1-2-21(30)24(33)29-14-12-28(13-15-29)23(32)17-3-7-19(26)8-4-17/h1-11H,12-16H2,(H,27,31). The van der Waals surface area contributed by atoms with Crippen molar-refractivity contribution >= 4 is 39.3 Å². The smallest absolute Gasteiger partial charge is 0.270 e. The van der Waals surface area contributed by atoms with Crippen molar-refractivity contribution in [1.82, 2.24) is 14.4 Å². The van der Waals surface area contributed by atoms with E-state index in [-0.39, 0.29) is 24.3 Å². The quantitative estimate of drug-likeness (QED) is 0.567. The Labute approximate surface area is 198 Å². The lowest BCUT2D eigenvalue weighted by Crippen LogP contribution is -2.51. The highest BCUT2D eigenvalue weighted by Crippen LogP contribution is 2.16. The molecule has 4 rings (SSSR count). The van der Waals surface area contributed by atoms with Gasteiger partial charge in [-0.25, -0.2) is 4.39 Å². The lowest BCUT2D eigenvalue weighted by atomic mass is 10.1. The molecule has 0 unspecified atom stereocenters. The van der Waals surface area contributed by atoms with Crippen molar-refractivity contribution in [2.75, 3.05) is 31.5 Å². The van der Waals surface area contributed by atoms with Crippen LogP contribution in [0.25, 0.3) is 0 Å². The zero-order valence-corrected chi connectivity index (χ0v) is 19.3. The highest BCUT2D eigenvalue weighted by atomic mass is 79.9. The second-order valence-corrected chi connectivity index (χ2v) is 8.58. The fourth-order valence-electron chi connectivity index (χ4n) is 3.68. The summed E-state index contributed by atoms with van der Waals surface area (Å²) in [5, 5.41) is 2.82. The third-order valence-corrected chi connectivity index (χ3v) is 5.96. The average Bonchev–Trinajstić information content (AvgIpc) is 3.28. The van der Waals surface area contributed by atoms with Gasteiger partial charge in [0.2, 0.25) is 5.91 Å². The number of piperazine rings is 1. The third kappa shape index (κ3) is 5.48. The molecule has 1 N–H and O–H groups in total. The molecule has 1 fully saturated rings. The average molecular weight is 513 g/mol. The maximum absolute atomic E-state index is 13.1. The van der Waals surface area contributed by atoms with E-state index in [0.29, 0.717) is 43.1 Å². The minimum absolute atomic E-state index is 0.00710. The normalized spacial score (nSPS) is 13.6. The molecule has 1 saturated heterocycles. The van der Waals surface area contributed by atoms with E-state index in [9.17, 15) is 18.8 Å². The van der Waals surface area contributed by atoms with Crippen LogP contribution in [-0.2, 0) is 11.3 Å². The van der Waals surface area contributed by atoms with Gasteiger partial charge >= 0.3 is 0 Å². The van der Waals surface area contributed by atoms with Crippen LogP contribution in [0.2, 0.25) is 0 Å². The molecule has 2 aromatic carbocycles. The number of anilines is 1. The summed E-state index contributed by atoms with van der Waals surface area (Å²) in [6.07, 6.45) is 1.70. The van der Waals surface area contributed by atoms with E-state index in [2.05, 4.69) is 21.2 Å². The predicted molar refractivity (Wildman–Crippen MR) is 125 cm³/mol. The first-order valence-corrected chi connectivity index (χ1v) is 11.2. The van der Waals surface area contributed by atoms with Gasteiger partial charge in [0.05, 0.1) is 0 Å². The summed E-state index contributed by atoms with van der Waals surface area (Å²) in [4.78, 5) is 41.5. The Morgan fingerprint density at radius 2 is 1.45 bits per heavy atom. The number of aromatic nitrogens is 1. The van der Waals surface area contributed by atoms with E-state index in [1.54, 1.807) is 44.8 Å². The zero-order valence-electron chi connectivity index (χ0n) is 17.7. The van der Waals surface area contributed by atoms with Crippen molar-refractivity contribution in [1.29, 1.82) is 0 Å². The van der Waals surface area contributed by atoms with Gasteiger partial charge in [-0.1, -0.05) is 15.9 Å². The number of hydrogen-bond acceptors (Lipinski definition) is 3. The number of hydrogen-bond donors (Lipinski definition) is 1. The number of amides is 3. The van der Waals surface area contributed by atoms with Gasteiger partial charge in [0.15, 0.2) is 0 Å². The maximum Gasteiger partial charge on any atom is 0.270 e. The summed E-state index contributed by atoms with van der Waals surface area (Å²) in [5.41, 5.74) is 1.51. The maximum atomic E-state index is 13.1. The topological polar surface area (TPSA) is 74.7 Å². The van der Waals surface area contributed by atoms with Crippen LogP contribution in [-0.4, -0.2) is 58.3 Å². The van der Waals surface area contributed by atoms with Crippen LogP contribution >= 0.6 is 15.9 Å². The Bertz CT molecular complexity index is 1150. The molecule has 9 heteroatoms. The molecule has 3 amide bonds. The van der Waals surface area contributed by atoms with Crippen molar-refractivity contribution in [3.05, 3.63) is 88.4 Å². The summed E-state index contributed by atoms with van der Waals surface area (Å²) in [7, 11) is 0. The summed E-state index contributed by atoms with van der Waals surface area (Å²) in [6, 6.07) is 16.1. The first kappa shape index (κ1) is 22.7. The van der Waals surface area contributed by atoms with Crippen LogP contribution in [0.4, 0.5) is 10.1 Å². The number of nitrogens with zero attached hydrogens (tertiary/aromatic N) is 3. The van der Waals surface area contributed by atoms with E-state index in [1.165, 1.54) is 24.3 Å². The molecule has 170 valence electrons. The van der Waals surface area contributed by atoms with E-state index in [0.717, 1.165) is 4.47 Å². The summed E-state index contributed by atoms with van der Waals surface area (Å²) >= 11 is 3.36. The second-order valence-electron chi connectivity index (χ2n) is 7.67. The molecule has 0 atom stereocenters. The number of carbonyl (C=O) groups is 3. The Morgan fingerprint density at radius 3 is 2.09 bits per heavy atom. The first-order valence-electron chi connectivity index (χ1n) is 10.5. The largest absolute Gasteiger partial charge is 0.335 e. The van der Waals surface area contributed by atoms with E-state index in [1.807, 2.05) is 12.1 Å². The molecule has 3 aromatic rings. The molecular weight excluding hydrogens is 491 g/mol. The van der Waals surface area contributed by atoms with Crippen LogP contribution in [0.5, 0.6) is 0 Å². The van der Waals surface area contributed by atoms with E-state index >= 15 is 0 Å². The predicted octanol–water partition coefficient (Wildman–Crippen LogP) is 3.63. The van der Waals surface area contributed by atoms with Gasteiger partial charge in [-0.15, -0.1) is 0 Å². The number of carbonyl (C=O) groups excluding carboxylic acids is 3. The molecule has 1 aliphatic heterocycles. The Balaban J connectivity index is 1.34. The molecule has 0 aliphatic carbocycles. The molecule has 33 heavy (non-hydrogen) atoms. The van der Waals surface area contributed by atoms with Crippen molar-refractivity contribution in [2.45, 2.75) is 6.54 Å². The fraction of sp³-hybridized carbons (Fsp3) is 0.208. The highest BCUT2D eigenvalue weighted by Gasteiger charge is 2.27. The number of benzene rings is 2. The molecule has 0 radical (unpaired) electrons. The van der Waals surface area contributed by atoms with Crippen molar-refractivity contribution < 1.29 is 18.8 Å². The Hall–Kier alpha value is -3.46. The van der Waals surface area contributed by atoms with E-state index in [4.69, 9.17) is 0 Å². The van der Waals surface area contributed by atoms with Gasteiger partial charge in [0.25, 0.3) is 11.8 Å². The Morgan fingerprint density at radius 1 is 0.848 bits per heavy atom. The molecule has 0 bridgehead atoms. The molecule has 7 nitrogen and oxygen atoms in total. The van der Waals surface area contributed by atoms with Crippen LogP contribution in [0.15, 0.2) is 71.3 Å². The molecule has 0 spiro atoms. The fourth-order valence-corrected chi connectivity index (χ4v) is 3.95. The van der Waals surface area contributed by atoms with Gasteiger partial charge < -0.3 is 19.7 Å². The van der Waals surface area contributed by atoms with Crippen molar-refractivity contribution in [2.24, 2.45) is 0 Å². The van der Waals surface area contributed by atoms with Crippen LogP contribution in [0.3, 0.4) is 0 Å². The van der Waals surface area contributed by atoms with Crippen molar-refractivity contribution in [3.8, 4) is 0 Å². The summed E-state index contributed by atoms with van der Waals surface area (Å²) in [5.74, 6) is -1.01. The third-order valence-electron chi connectivity index (χ3n) is 5.44. The van der Waals surface area contributed by atoms with Crippen LogP contribution < -0.4 is 5.32 Å². The van der Waals surface area contributed by atoms with Crippen LogP contribution in [0, 0.1) is 5.82 Å². The number of rotatable bonds is 5. The van der Waals surface area contributed by atoms with Gasteiger partial charge in [0, 0.05) is 48.1 Å². The molecule has 1 aliphatic rings. The van der Waals surface area contributed by atoms with Gasteiger partial charge in [-0.2, -0.15) is 0 Å². The highest BCUT2D eigenvalue weighted by molar-refractivity contribution is 9.10. The summed E-state index contributed by atoms with van der Waals surface area (Å²) < 4.78 is 15.6. The van der Waals surface area contributed by atoms with Gasteiger partial charge in [0.1, 0.15) is 18.1 Å². The van der Waals surface area contributed by atoms with Gasteiger partial charge in [-0.05, 0) is 60.7 Å². The van der Waals surface area contributed by atoms with Crippen LogP contribution in [0.1, 0.15) is 20.8 Å². The molecule has 1 aromatic heterocycles. The Kier molecular flexibility index (Phi) is 6.88. The second kappa shape index (κ2) is 9.99. The van der Waals surface area contributed by atoms with Crippen molar-refractivity contribution in [3.63, 3.8) is 0 Å². The lowest BCUT2D eigenvalue weighted by Gasteiger charge is -2.35.